The summed E-state index contributed by atoms with van der Waals surface area (Å²) in [5.74, 6) is 1.10. The highest BCUT2D eigenvalue weighted by Crippen LogP contribution is 2.30. The number of rotatable bonds is 6. The lowest BCUT2D eigenvalue weighted by atomic mass is 9.95. The first-order valence-corrected chi connectivity index (χ1v) is 11.4. The minimum absolute atomic E-state index is 0.0852. The van der Waals surface area contributed by atoms with Crippen LogP contribution in [0.5, 0.6) is 0 Å². The van der Waals surface area contributed by atoms with Crippen LogP contribution in [0.4, 0.5) is 13.2 Å². The third kappa shape index (κ3) is 5.34. The van der Waals surface area contributed by atoms with E-state index in [2.05, 4.69) is 10.1 Å². The number of carbonyl (C=O) groups excluding carboxylic acids is 1. The number of aryl methyl sites for hydroxylation is 1. The van der Waals surface area contributed by atoms with Crippen molar-refractivity contribution in [2.24, 2.45) is 5.92 Å². The van der Waals surface area contributed by atoms with Crippen molar-refractivity contribution in [3.8, 4) is 0 Å². The van der Waals surface area contributed by atoms with Crippen LogP contribution in [0, 0.1) is 5.92 Å². The van der Waals surface area contributed by atoms with Gasteiger partial charge in [-0.3, -0.25) is 4.79 Å². The first-order chi connectivity index (χ1) is 15.3. The molecule has 1 amide bonds. The summed E-state index contributed by atoms with van der Waals surface area (Å²) in [6, 6.07) is 5.58. The van der Waals surface area contributed by atoms with E-state index in [1.165, 1.54) is 12.1 Å². The first kappa shape index (κ1) is 22.8. The van der Waals surface area contributed by atoms with E-state index in [0.717, 1.165) is 69.0 Å². The molecule has 2 heterocycles. The van der Waals surface area contributed by atoms with Crippen molar-refractivity contribution < 1.29 is 22.5 Å². The Labute approximate surface area is 186 Å². The molecule has 0 radical (unpaired) electrons. The zero-order chi connectivity index (χ0) is 22.7. The van der Waals surface area contributed by atoms with Gasteiger partial charge < -0.3 is 14.3 Å². The number of amides is 1. The number of hydrogen-bond donors (Lipinski definition) is 0. The highest BCUT2D eigenvalue weighted by molar-refractivity contribution is 5.93. The van der Waals surface area contributed by atoms with Crippen LogP contribution in [0.3, 0.4) is 0 Å². The average molecular weight is 450 g/mol. The van der Waals surface area contributed by atoms with E-state index >= 15 is 0 Å². The van der Waals surface area contributed by atoms with Crippen LogP contribution in [0.2, 0.25) is 0 Å². The van der Waals surface area contributed by atoms with Crippen molar-refractivity contribution in [1.29, 1.82) is 0 Å². The topological polar surface area (TPSA) is 49.6 Å². The maximum absolute atomic E-state index is 13.0. The molecule has 5 nitrogen and oxygen atoms in total. The van der Waals surface area contributed by atoms with Gasteiger partial charge in [0.15, 0.2) is 5.69 Å². The number of hydrogen-bond acceptors (Lipinski definition) is 4. The van der Waals surface area contributed by atoms with Crippen LogP contribution in [-0.4, -0.2) is 54.1 Å². The van der Waals surface area contributed by atoms with Crippen molar-refractivity contribution in [3.63, 3.8) is 0 Å². The maximum atomic E-state index is 13.0. The van der Waals surface area contributed by atoms with E-state index < -0.39 is 11.7 Å². The van der Waals surface area contributed by atoms with E-state index in [1.807, 2.05) is 7.05 Å². The van der Waals surface area contributed by atoms with Gasteiger partial charge in [0.25, 0.3) is 5.91 Å². The molecule has 1 aromatic heterocycles. The SMILES string of the molecule is CN(C[C@@H]1CCCN(CCc2cccc(C(F)(F)F)c2)C1)C(=O)c1noc2c1CCCC2. The summed E-state index contributed by atoms with van der Waals surface area (Å²) >= 11 is 0. The van der Waals surface area contributed by atoms with Crippen LogP contribution >= 0.6 is 0 Å². The highest BCUT2D eigenvalue weighted by Gasteiger charge is 2.31. The lowest BCUT2D eigenvalue weighted by Gasteiger charge is -2.34. The van der Waals surface area contributed by atoms with Crippen molar-refractivity contribution in [3.05, 3.63) is 52.4 Å². The fourth-order valence-corrected chi connectivity index (χ4v) is 4.90. The summed E-state index contributed by atoms with van der Waals surface area (Å²) < 4.78 is 44.2. The Morgan fingerprint density at radius 1 is 1.25 bits per heavy atom. The molecule has 2 aromatic rings. The van der Waals surface area contributed by atoms with E-state index in [-0.39, 0.29) is 5.91 Å². The molecule has 8 heteroatoms. The fraction of sp³-hybridized carbons (Fsp3) is 0.583. The van der Waals surface area contributed by atoms with Gasteiger partial charge in [-0.25, -0.2) is 0 Å². The molecule has 1 saturated heterocycles. The van der Waals surface area contributed by atoms with Gasteiger partial charge >= 0.3 is 6.18 Å². The van der Waals surface area contributed by atoms with Crippen molar-refractivity contribution in [1.82, 2.24) is 15.0 Å². The third-order valence-corrected chi connectivity index (χ3v) is 6.61. The zero-order valence-electron chi connectivity index (χ0n) is 18.5. The number of benzene rings is 1. The molecule has 1 aromatic carbocycles. The van der Waals surface area contributed by atoms with Crippen molar-refractivity contribution >= 4 is 5.91 Å². The lowest BCUT2D eigenvalue weighted by Crippen LogP contribution is -2.42. The Hall–Kier alpha value is -2.35. The number of carbonyl (C=O) groups is 1. The maximum Gasteiger partial charge on any atom is 0.416 e. The predicted molar refractivity (Wildman–Crippen MR) is 114 cm³/mol. The molecule has 32 heavy (non-hydrogen) atoms. The second-order valence-corrected chi connectivity index (χ2v) is 9.08. The van der Waals surface area contributed by atoms with Gasteiger partial charge in [-0.05, 0) is 62.6 Å². The van der Waals surface area contributed by atoms with E-state index in [1.54, 1.807) is 11.0 Å². The average Bonchev–Trinajstić information content (AvgIpc) is 3.21. The molecule has 0 saturated carbocycles. The minimum atomic E-state index is -4.31. The predicted octanol–water partition coefficient (Wildman–Crippen LogP) is 4.60. The molecule has 1 aliphatic heterocycles. The number of nitrogens with zero attached hydrogens (tertiary/aromatic N) is 3. The van der Waals surface area contributed by atoms with Gasteiger partial charge in [-0.2, -0.15) is 13.2 Å². The molecule has 1 aliphatic carbocycles. The molecule has 0 unspecified atom stereocenters. The zero-order valence-corrected chi connectivity index (χ0v) is 18.5. The van der Waals surface area contributed by atoms with Gasteiger partial charge in [0.05, 0.1) is 5.56 Å². The first-order valence-electron chi connectivity index (χ1n) is 11.4. The third-order valence-electron chi connectivity index (χ3n) is 6.61. The van der Waals surface area contributed by atoms with Crippen LogP contribution in [0.25, 0.3) is 0 Å². The molecule has 0 spiro atoms. The Kier molecular flexibility index (Phi) is 6.88. The second-order valence-electron chi connectivity index (χ2n) is 9.08. The number of aromatic nitrogens is 1. The summed E-state index contributed by atoms with van der Waals surface area (Å²) in [6.07, 6.45) is 2.15. The standard InChI is InChI=1S/C24H30F3N3O2/c1-29(23(31)22-20-9-2-3-10-21(20)32-28-22)15-18-7-5-12-30(16-18)13-11-17-6-4-8-19(14-17)24(25,26)27/h4,6,8,14,18H,2-3,5,7,9-13,15-16H2,1H3/t18-/m0/s1. The molecule has 174 valence electrons. The smallest absolute Gasteiger partial charge is 0.360 e. The molecular formula is C24H30F3N3O2. The van der Waals surface area contributed by atoms with Crippen LogP contribution in [0.15, 0.2) is 28.8 Å². The molecule has 0 N–H and O–H groups in total. The molecule has 1 atom stereocenters. The van der Waals surface area contributed by atoms with Gasteiger partial charge in [-0.1, -0.05) is 23.4 Å². The van der Waals surface area contributed by atoms with E-state index in [4.69, 9.17) is 4.52 Å². The molecule has 1 fully saturated rings. The number of likely N-dealkylation sites (tertiary alicyclic amines) is 1. The Morgan fingerprint density at radius 2 is 2.06 bits per heavy atom. The molecule has 4 rings (SSSR count). The second kappa shape index (κ2) is 9.65. The molecular weight excluding hydrogens is 419 g/mol. The van der Waals surface area contributed by atoms with Gasteiger partial charge in [0.2, 0.25) is 0 Å². The Balaban J connectivity index is 1.30. The van der Waals surface area contributed by atoms with E-state index in [9.17, 15) is 18.0 Å². The fourth-order valence-electron chi connectivity index (χ4n) is 4.90. The monoisotopic (exact) mass is 449 g/mol. The molecule has 2 aliphatic rings. The van der Waals surface area contributed by atoms with E-state index in [0.29, 0.717) is 36.7 Å². The Bertz CT molecular complexity index is 941. The van der Waals surface area contributed by atoms with Crippen LogP contribution in [-0.2, 0) is 25.4 Å². The van der Waals surface area contributed by atoms with Crippen molar-refractivity contribution in [2.45, 2.75) is 51.1 Å². The number of alkyl halides is 3. The minimum Gasteiger partial charge on any atom is -0.360 e. The number of piperidine rings is 1. The lowest BCUT2D eigenvalue weighted by molar-refractivity contribution is -0.137. The highest BCUT2D eigenvalue weighted by atomic mass is 19.4. The van der Waals surface area contributed by atoms with Gasteiger partial charge in [-0.15, -0.1) is 0 Å². The summed E-state index contributed by atoms with van der Waals surface area (Å²) in [4.78, 5) is 17.0. The van der Waals surface area contributed by atoms with Gasteiger partial charge in [0, 0.05) is 38.7 Å². The number of halogens is 3. The van der Waals surface area contributed by atoms with Crippen LogP contribution < -0.4 is 0 Å². The normalized spacial score (nSPS) is 19.6. The largest absolute Gasteiger partial charge is 0.416 e. The van der Waals surface area contributed by atoms with Crippen LogP contribution in [0.1, 0.15) is 58.6 Å². The summed E-state index contributed by atoms with van der Waals surface area (Å²) in [5, 5.41) is 4.06. The molecule has 0 bridgehead atoms. The van der Waals surface area contributed by atoms with Crippen molar-refractivity contribution in [2.75, 3.05) is 33.2 Å². The summed E-state index contributed by atoms with van der Waals surface area (Å²) in [6.45, 7) is 3.13. The summed E-state index contributed by atoms with van der Waals surface area (Å²) in [5.41, 5.74) is 1.53. The quantitative estimate of drug-likeness (QED) is 0.647. The summed E-state index contributed by atoms with van der Waals surface area (Å²) in [7, 11) is 1.81. The number of fused-ring (bicyclic) bond motifs is 1. The Morgan fingerprint density at radius 3 is 2.88 bits per heavy atom. The van der Waals surface area contributed by atoms with Gasteiger partial charge in [0.1, 0.15) is 5.76 Å².